The molecular weight excluding hydrogens is 414 g/mol. The zero-order valence-electron chi connectivity index (χ0n) is 15.2. The summed E-state index contributed by atoms with van der Waals surface area (Å²) in [5.41, 5.74) is 1.22. The molecule has 12 nitrogen and oxygen atoms in total. The van der Waals surface area contributed by atoms with Crippen molar-refractivity contribution in [2.45, 2.75) is 36.9 Å². The van der Waals surface area contributed by atoms with E-state index in [0.717, 1.165) is 11.8 Å². The third-order valence-corrected chi connectivity index (χ3v) is 5.98. The van der Waals surface area contributed by atoms with Gasteiger partial charge in [-0.1, -0.05) is 5.16 Å². The highest BCUT2D eigenvalue weighted by molar-refractivity contribution is 7.89. The lowest BCUT2D eigenvalue weighted by atomic mass is 9.93. The van der Waals surface area contributed by atoms with Crippen LogP contribution in [-0.4, -0.2) is 55.4 Å². The number of fused-ring (bicyclic) bond motifs is 1. The molecule has 156 valence electrons. The van der Waals surface area contributed by atoms with E-state index in [0.29, 0.717) is 30.7 Å². The Labute approximate surface area is 162 Å². The van der Waals surface area contributed by atoms with Crippen LogP contribution in [-0.2, 0) is 51.3 Å². The molecule has 1 aliphatic rings. The van der Waals surface area contributed by atoms with Gasteiger partial charge in [0.1, 0.15) is 11.5 Å². The number of carbonyl (C=O) groups is 1. The molecule has 2 aromatic rings. The Kier molecular flexibility index (Phi) is 6.92. The van der Waals surface area contributed by atoms with Crippen molar-refractivity contribution in [3.05, 3.63) is 29.5 Å². The van der Waals surface area contributed by atoms with Gasteiger partial charge in [-0.2, -0.15) is 0 Å². The molecule has 0 bridgehead atoms. The van der Waals surface area contributed by atoms with Crippen molar-refractivity contribution in [2.75, 3.05) is 6.26 Å². The molecule has 0 aromatic carbocycles. The number of aromatic nitrogens is 3. The molecule has 0 amide bonds. The first-order chi connectivity index (χ1) is 13.1. The van der Waals surface area contributed by atoms with Crippen LogP contribution in [0.1, 0.15) is 23.4 Å². The van der Waals surface area contributed by atoms with Crippen molar-refractivity contribution in [2.24, 2.45) is 7.05 Å². The van der Waals surface area contributed by atoms with E-state index in [9.17, 15) is 16.8 Å². The number of aryl methyl sites for hydroxylation is 2. The molecular formula is C14H21N5O7S2. The fourth-order valence-corrected chi connectivity index (χ4v) is 4.36. The number of rotatable bonds is 6. The van der Waals surface area contributed by atoms with Crippen LogP contribution in [0.15, 0.2) is 22.1 Å². The summed E-state index contributed by atoms with van der Waals surface area (Å²) < 4.78 is 59.1. The third kappa shape index (κ3) is 5.85. The zero-order valence-corrected chi connectivity index (χ0v) is 16.8. The highest BCUT2D eigenvalue weighted by Gasteiger charge is 2.29. The van der Waals surface area contributed by atoms with Gasteiger partial charge in [0.05, 0.1) is 19.1 Å². The summed E-state index contributed by atoms with van der Waals surface area (Å²) in [6.45, 7) is -0.239. The molecule has 0 saturated carbocycles. The van der Waals surface area contributed by atoms with Gasteiger partial charge < -0.3 is 14.2 Å². The Morgan fingerprint density at radius 2 is 2.07 bits per heavy atom. The highest BCUT2D eigenvalue weighted by Crippen LogP contribution is 2.25. The summed E-state index contributed by atoms with van der Waals surface area (Å²) in [6.07, 6.45) is 5.37. The van der Waals surface area contributed by atoms with E-state index < -0.39 is 20.0 Å². The monoisotopic (exact) mass is 435 g/mol. The molecule has 0 aliphatic heterocycles. The van der Waals surface area contributed by atoms with Crippen molar-refractivity contribution in [1.82, 2.24) is 24.2 Å². The van der Waals surface area contributed by atoms with Crippen molar-refractivity contribution in [3.63, 3.8) is 0 Å². The van der Waals surface area contributed by atoms with Gasteiger partial charge in [0.2, 0.25) is 10.0 Å². The first-order valence-corrected chi connectivity index (χ1v) is 11.4. The van der Waals surface area contributed by atoms with Crippen molar-refractivity contribution in [1.29, 1.82) is 0 Å². The molecule has 1 atom stereocenters. The lowest BCUT2D eigenvalue weighted by Crippen LogP contribution is -2.39. The maximum atomic E-state index is 12.4. The van der Waals surface area contributed by atoms with Crippen molar-refractivity contribution in [3.8, 4) is 0 Å². The van der Waals surface area contributed by atoms with Gasteiger partial charge in [0, 0.05) is 31.3 Å². The average Bonchev–Trinajstić information content (AvgIpc) is 3.19. The Morgan fingerprint density at radius 3 is 2.64 bits per heavy atom. The molecule has 0 saturated heterocycles. The number of carboxylic acid groups (broad SMARTS) is 1. The molecule has 0 radical (unpaired) electrons. The fourth-order valence-electron chi connectivity index (χ4n) is 2.71. The van der Waals surface area contributed by atoms with E-state index in [4.69, 9.17) is 14.4 Å². The molecule has 28 heavy (non-hydrogen) atoms. The third-order valence-electron chi connectivity index (χ3n) is 3.90. The summed E-state index contributed by atoms with van der Waals surface area (Å²) in [5, 5.41) is 10.8. The number of hydrogen-bond donors (Lipinski definition) is 3. The molecule has 1 aliphatic carbocycles. The Morgan fingerprint density at radius 1 is 1.39 bits per heavy atom. The van der Waals surface area contributed by atoms with Gasteiger partial charge in [-0.15, -0.1) is 0 Å². The molecule has 0 spiro atoms. The van der Waals surface area contributed by atoms with Gasteiger partial charge in [0.25, 0.3) is 16.5 Å². The average molecular weight is 435 g/mol. The Balaban J connectivity index is 0.000000878. The van der Waals surface area contributed by atoms with Gasteiger partial charge >= 0.3 is 0 Å². The summed E-state index contributed by atoms with van der Waals surface area (Å²) in [6, 6.07) is -0.337. The molecule has 3 rings (SSSR count). The van der Waals surface area contributed by atoms with Crippen molar-refractivity contribution >= 4 is 26.5 Å². The van der Waals surface area contributed by atoms with E-state index >= 15 is 0 Å². The SMILES string of the molecule is Cn1cnc(S(=O)(=O)NC2CCc3onc(CNS(C)(=O)=O)c3C2)c1.O=CO. The molecule has 1 unspecified atom stereocenters. The molecule has 2 aromatic heterocycles. The van der Waals surface area contributed by atoms with E-state index in [1.807, 2.05) is 0 Å². The first-order valence-electron chi connectivity index (χ1n) is 8.04. The summed E-state index contributed by atoms with van der Waals surface area (Å²) in [4.78, 5) is 12.2. The lowest BCUT2D eigenvalue weighted by molar-refractivity contribution is -0.122. The number of hydrogen-bond acceptors (Lipinski definition) is 8. The second-order valence-corrected chi connectivity index (χ2v) is 9.66. The van der Waals surface area contributed by atoms with Gasteiger partial charge in [-0.25, -0.2) is 31.3 Å². The van der Waals surface area contributed by atoms with Crippen LogP contribution in [0.2, 0.25) is 0 Å². The predicted molar refractivity (Wildman–Crippen MR) is 96.2 cm³/mol. The topological polar surface area (TPSA) is 173 Å². The first kappa shape index (κ1) is 22.0. The fraction of sp³-hybridized carbons (Fsp3) is 0.500. The van der Waals surface area contributed by atoms with Gasteiger partial charge in [-0.05, 0) is 12.8 Å². The van der Waals surface area contributed by atoms with Crippen LogP contribution in [0.3, 0.4) is 0 Å². The number of nitrogens with one attached hydrogen (secondary N) is 2. The van der Waals surface area contributed by atoms with Crippen LogP contribution in [0.4, 0.5) is 0 Å². The minimum atomic E-state index is -3.72. The number of sulfonamides is 2. The standard InChI is InChI=1S/C13H19N5O5S2.CH2O2/c1-18-7-13(14-8-18)25(21,22)17-9-3-4-12-10(5-9)11(16-23-12)6-15-24(2,19)20;2-1-3/h7-9,15,17H,3-6H2,1-2H3;1H,(H,2,3). The van der Waals surface area contributed by atoms with E-state index in [-0.39, 0.29) is 24.1 Å². The minimum absolute atomic E-state index is 0.0113. The van der Waals surface area contributed by atoms with E-state index in [1.54, 1.807) is 11.6 Å². The number of nitrogens with zero attached hydrogens (tertiary/aromatic N) is 3. The normalized spacial score (nSPS) is 16.7. The lowest BCUT2D eigenvalue weighted by Gasteiger charge is -2.22. The highest BCUT2D eigenvalue weighted by atomic mass is 32.2. The Bertz CT molecular complexity index is 1030. The minimum Gasteiger partial charge on any atom is -0.483 e. The van der Waals surface area contributed by atoms with Crippen LogP contribution >= 0.6 is 0 Å². The second-order valence-electron chi connectivity index (χ2n) is 6.17. The maximum Gasteiger partial charge on any atom is 0.290 e. The summed E-state index contributed by atoms with van der Waals surface area (Å²) >= 11 is 0. The second kappa shape index (κ2) is 8.81. The van der Waals surface area contributed by atoms with Crippen molar-refractivity contribution < 1.29 is 31.3 Å². The molecule has 3 N–H and O–H groups in total. The zero-order chi connectivity index (χ0) is 20.9. The summed E-state index contributed by atoms with van der Waals surface area (Å²) in [7, 11) is -5.38. The van der Waals surface area contributed by atoms with Crippen LogP contribution in [0.5, 0.6) is 0 Å². The summed E-state index contributed by atoms with van der Waals surface area (Å²) in [5.74, 6) is 0.665. The van der Waals surface area contributed by atoms with Crippen LogP contribution in [0, 0.1) is 0 Å². The van der Waals surface area contributed by atoms with Gasteiger partial charge in [0.15, 0.2) is 5.03 Å². The maximum absolute atomic E-state index is 12.4. The number of imidazole rings is 1. The molecule has 14 heteroatoms. The Hall–Kier alpha value is -2.29. The largest absolute Gasteiger partial charge is 0.483 e. The van der Waals surface area contributed by atoms with Crippen LogP contribution < -0.4 is 9.44 Å². The van der Waals surface area contributed by atoms with Crippen LogP contribution in [0.25, 0.3) is 0 Å². The van der Waals surface area contributed by atoms with Gasteiger partial charge in [-0.3, -0.25) is 4.79 Å². The molecule has 2 heterocycles. The van der Waals surface area contributed by atoms with E-state index in [1.165, 1.54) is 12.5 Å². The predicted octanol–water partition coefficient (Wildman–Crippen LogP) is -1.01. The quantitative estimate of drug-likeness (QED) is 0.480. The van der Waals surface area contributed by atoms with E-state index in [2.05, 4.69) is 19.6 Å². The smallest absolute Gasteiger partial charge is 0.290 e. The molecule has 0 fully saturated rings.